The highest BCUT2D eigenvalue weighted by molar-refractivity contribution is 6.30. The van der Waals surface area contributed by atoms with Crippen LogP contribution in [0.3, 0.4) is 0 Å². The second kappa shape index (κ2) is 11.4. The summed E-state index contributed by atoms with van der Waals surface area (Å²) in [5.74, 6) is 0.369. The fourth-order valence-corrected chi connectivity index (χ4v) is 3.65. The number of aryl methyl sites for hydroxylation is 1. The molecule has 176 valence electrons. The maximum absolute atomic E-state index is 12.3. The van der Waals surface area contributed by atoms with E-state index in [0.29, 0.717) is 17.3 Å². The van der Waals surface area contributed by atoms with Gasteiger partial charge in [0.05, 0.1) is 6.61 Å². The predicted molar refractivity (Wildman–Crippen MR) is 132 cm³/mol. The number of fused-ring (bicyclic) bond motifs is 1. The summed E-state index contributed by atoms with van der Waals surface area (Å²) in [6, 6.07) is 18.3. The fourth-order valence-electron chi connectivity index (χ4n) is 3.52. The molecule has 8 heteroatoms. The van der Waals surface area contributed by atoms with Crippen LogP contribution in [0.5, 0.6) is 5.75 Å². The second-order valence-corrected chi connectivity index (χ2v) is 8.20. The predicted octanol–water partition coefficient (Wildman–Crippen LogP) is 6.25. The van der Waals surface area contributed by atoms with Gasteiger partial charge in [-0.05, 0) is 61.0 Å². The lowest BCUT2D eigenvalue weighted by atomic mass is 10.2. The molecule has 0 unspecified atom stereocenters. The monoisotopic (exact) mass is 480 g/mol. The fraction of sp³-hybridized carbons (Fsp3) is 0.231. The highest BCUT2D eigenvalue weighted by Gasteiger charge is 2.09. The van der Waals surface area contributed by atoms with E-state index in [1.807, 2.05) is 12.1 Å². The summed E-state index contributed by atoms with van der Waals surface area (Å²) in [5.41, 5.74) is 1.46. The summed E-state index contributed by atoms with van der Waals surface area (Å²) in [6.07, 6.45) is 5.52. The lowest BCUT2D eigenvalue weighted by Crippen LogP contribution is -2.14. The molecule has 1 amide bonds. The van der Waals surface area contributed by atoms with Gasteiger partial charge in [0.25, 0.3) is 0 Å². The Hall–Kier alpha value is -3.71. The van der Waals surface area contributed by atoms with E-state index in [4.69, 9.17) is 25.5 Å². The number of nitrogens with one attached hydrogen (secondary N) is 1. The van der Waals surface area contributed by atoms with Crippen molar-refractivity contribution in [3.8, 4) is 5.75 Å². The van der Waals surface area contributed by atoms with Crippen LogP contribution < -0.4 is 15.5 Å². The Morgan fingerprint density at radius 1 is 1.03 bits per heavy atom. The van der Waals surface area contributed by atoms with Crippen LogP contribution >= 0.6 is 11.6 Å². The molecule has 0 aliphatic carbocycles. The molecule has 0 saturated carbocycles. The number of carbonyl (C=O) groups excluding carboxylic acids is 1. The third-order valence-corrected chi connectivity index (χ3v) is 5.52. The largest absolute Gasteiger partial charge is 0.487 e. The van der Waals surface area contributed by atoms with Crippen LogP contribution in [0.2, 0.25) is 5.02 Å². The summed E-state index contributed by atoms with van der Waals surface area (Å²) in [4.78, 5) is 24.1. The first kappa shape index (κ1) is 23.4. The summed E-state index contributed by atoms with van der Waals surface area (Å²) >= 11 is 5.81. The first-order chi connectivity index (χ1) is 16.6. The molecule has 0 aliphatic heterocycles. The number of anilines is 1. The third kappa shape index (κ3) is 6.42. The number of benzene rings is 2. The van der Waals surface area contributed by atoms with Crippen molar-refractivity contribution in [3.63, 3.8) is 0 Å². The van der Waals surface area contributed by atoms with Crippen LogP contribution in [0.15, 0.2) is 82.3 Å². The minimum atomic E-state index is -0.668. The van der Waals surface area contributed by atoms with E-state index in [1.54, 1.807) is 24.3 Å². The smallest absolute Gasteiger partial charge is 0.412 e. The van der Waals surface area contributed by atoms with Gasteiger partial charge in [-0.25, -0.2) is 4.79 Å². The highest BCUT2D eigenvalue weighted by atomic mass is 35.5. The van der Waals surface area contributed by atoms with Crippen molar-refractivity contribution in [2.45, 2.75) is 32.4 Å². The Balaban J connectivity index is 1.15. The van der Waals surface area contributed by atoms with Gasteiger partial charge in [0.1, 0.15) is 12.0 Å². The van der Waals surface area contributed by atoms with Crippen LogP contribution in [0.25, 0.3) is 10.9 Å². The van der Waals surface area contributed by atoms with E-state index in [1.165, 1.54) is 23.2 Å². The van der Waals surface area contributed by atoms with Crippen LogP contribution in [-0.2, 0) is 17.9 Å². The van der Waals surface area contributed by atoms with E-state index in [0.717, 1.165) is 25.8 Å². The molecule has 0 radical (unpaired) electrons. The molecule has 0 bridgehead atoms. The zero-order chi connectivity index (χ0) is 23.8. The first-order valence-electron chi connectivity index (χ1n) is 11.1. The lowest BCUT2D eigenvalue weighted by molar-refractivity contribution is 0.144. The van der Waals surface area contributed by atoms with E-state index >= 15 is 0 Å². The van der Waals surface area contributed by atoms with Crippen LogP contribution in [0, 0.1) is 0 Å². The molecule has 4 aromatic rings. The van der Waals surface area contributed by atoms with Crippen molar-refractivity contribution in [1.82, 2.24) is 4.57 Å². The molecule has 34 heavy (non-hydrogen) atoms. The number of amides is 1. The lowest BCUT2D eigenvalue weighted by Gasteiger charge is -2.08. The number of unbranched alkanes of at least 4 members (excludes halogenated alkanes) is 2. The molecule has 7 nitrogen and oxygen atoms in total. The molecule has 2 aromatic heterocycles. The zero-order valence-electron chi connectivity index (χ0n) is 18.5. The Morgan fingerprint density at radius 2 is 1.85 bits per heavy atom. The number of aromatic nitrogens is 1. The topological polar surface area (TPSA) is 82.7 Å². The average molecular weight is 481 g/mol. The van der Waals surface area contributed by atoms with Crippen molar-refractivity contribution >= 4 is 34.3 Å². The average Bonchev–Trinajstić information content (AvgIpc) is 3.25. The van der Waals surface area contributed by atoms with Crippen molar-refractivity contribution in [1.29, 1.82) is 0 Å². The molecule has 4 rings (SSSR count). The molecular weight excluding hydrogens is 456 g/mol. The SMILES string of the molecule is O=C(Nc1ccc(Cl)cc1)OCc1cc(=O)c(OCCCCCn2ccc3ccccc32)co1. The summed E-state index contributed by atoms with van der Waals surface area (Å²) in [7, 11) is 0. The van der Waals surface area contributed by atoms with Gasteiger partial charge >= 0.3 is 6.09 Å². The number of hydrogen-bond donors (Lipinski definition) is 1. The van der Waals surface area contributed by atoms with Gasteiger partial charge in [-0.3, -0.25) is 10.1 Å². The van der Waals surface area contributed by atoms with Gasteiger partial charge in [0.2, 0.25) is 11.2 Å². The number of rotatable bonds is 10. The van der Waals surface area contributed by atoms with Crippen LogP contribution in [0.4, 0.5) is 10.5 Å². The summed E-state index contributed by atoms with van der Waals surface area (Å²) < 4.78 is 18.3. The molecule has 2 aromatic carbocycles. The molecule has 0 spiro atoms. The van der Waals surface area contributed by atoms with Gasteiger partial charge in [0, 0.05) is 35.0 Å². The molecule has 0 aliphatic rings. The second-order valence-electron chi connectivity index (χ2n) is 7.76. The standard InChI is InChI=1S/C26H25ClN2O5/c27-20-8-10-21(11-9-20)28-26(31)34-17-22-16-24(30)25(18-33-22)32-15-5-1-4-13-29-14-12-19-6-2-3-7-23(19)29/h2-3,6-12,14,16,18H,1,4-5,13,15,17H2,(H,28,31). The van der Waals surface area contributed by atoms with Gasteiger partial charge in [0.15, 0.2) is 6.61 Å². The van der Waals surface area contributed by atoms with E-state index in [2.05, 4.69) is 34.3 Å². The molecule has 0 fully saturated rings. The van der Waals surface area contributed by atoms with Gasteiger partial charge in [-0.1, -0.05) is 29.8 Å². The number of halogens is 1. The van der Waals surface area contributed by atoms with Gasteiger partial charge < -0.3 is 18.5 Å². The quantitative estimate of drug-likeness (QED) is 0.271. The Bertz CT molecular complexity index is 1300. The van der Waals surface area contributed by atoms with Crippen molar-refractivity contribution in [2.75, 3.05) is 11.9 Å². The van der Waals surface area contributed by atoms with Gasteiger partial charge in [-0.15, -0.1) is 0 Å². The van der Waals surface area contributed by atoms with Crippen molar-refractivity contribution < 1.29 is 18.7 Å². The third-order valence-electron chi connectivity index (χ3n) is 5.27. The first-order valence-corrected chi connectivity index (χ1v) is 11.4. The van der Waals surface area contributed by atoms with E-state index in [9.17, 15) is 9.59 Å². The minimum Gasteiger partial charge on any atom is -0.487 e. The molecule has 0 atom stereocenters. The number of carbonyl (C=O) groups is 1. The van der Waals surface area contributed by atoms with Crippen molar-refractivity contribution in [3.05, 3.63) is 94.1 Å². The van der Waals surface area contributed by atoms with Gasteiger partial charge in [-0.2, -0.15) is 0 Å². The maximum Gasteiger partial charge on any atom is 0.412 e. The minimum absolute atomic E-state index is 0.144. The normalized spacial score (nSPS) is 10.9. The molecule has 2 heterocycles. The van der Waals surface area contributed by atoms with Crippen LogP contribution in [0.1, 0.15) is 25.0 Å². The van der Waals surface area contributed by atoms with Crippen molar-refractivity contribution in [2.24, 2.45) is 0 Å². The van der Waals surface area contributed by atoms with E-state index < -0.39 is 6.09 Å². The molecule has 1 N–H and O–H groups in total. The zero-order valence-corrected chi connectivity index (χ0v) is 19.3. The highest BCUT2D eigenvalue weighted by Crippen LogP contribution is 2.16. The Labute approximate surface area is 201 Å². The summed E-state index contributed by atoms with van der Waals surface area (Å²) in [6.45, 7) is 1.19. The Kier molecular flexibility index (Phi) is 7.88. The number of nitrogens with zero attached hydrogens (tertiary/aromatic N) is 1. The number of hydrogen-bond acceptors (Lipinski definition) is 5. The maximum atomic E-state index is 12.3. The number of ether oxygens (including phenoxy) is 2. The van der Waals surface area contributed by atoms with Crippen LogP contribution in [-0.4, -0.2) is 17.3 Å². The summed E-state index contributed by atoms with van der Waals surface area (Å²) in [5, 5.41) is 4.37. The number of para-hydroxylation sites is 1. The van der Waals surface area contributed by atoms with E-state index in [-0.39, 0.29) is 23.5 Å². The Morgan fingerprint density at radius 3 is 2.68 bits per heavy atom. The molecule has 0 saturated heterocycles. The molecular formula is C26H25ClN2O5.